The lowest BCUT2D eigenvalue weighted by atomic mass is 9.87. The molecule has 0 aliphatic rings. The normalized spacial score (nSPS) is 13.1. The van der Waals surface area contributed by atoms with Crippen molar-refractivity contribution >= 4 is 0 Å². The molecule has 0 saturated carbocycles. The molecule has 2 heteroatoms. The van der Waals surface area contributed by atoms with Crippen LogP contribution in [0.25, 0.3) is 0 Å². The molecular formula is C15H25NO. The molecule has 0 aromatic heterocycles. The van der Waals surface area contributed by atoms with Crippen LogP contribution < -0.4 is 10.1 Å². The highest BCUT2D eigenvalue weighted by atomic mass is 16.5. The van der Waals surface area contributed by atoms with E-state index in [-0.39, 0.29) is 0 Å². The molecule has 1 aromatic rings. The maximum absolute atomic E-state index is 5.46. The third-order valence-electron chi connectivity index (χ3n) is 3.09. The maximum atomic E-state index is 5.46. The molecule has 0 spiro atoms. The van der Waals surface area contributed by atoms with E-state index < -0.39 is 0 Å². The highest BCUT2D eigenvalue weighted by molar-refractivity contribution is 5.36. The molecule has 0 fully saturated rings. The van der Waals surface area contributed by atoms with Crippen molar-refractivity contribution in [1.82, 2.24) is 5.32 Å². The van der Waals surface area contributed by atoms with Gasteiger partial charge in [-0.15, -0.1) is 0 Å². The molecule has 1 atom stereocenters. The van der Waals surface area contributed by atoms with Crippen molar-refractivity contribution in [3.63, 3.8) is 0 Å². The minimum Gasteiger partial charge on any atom is -0.496 e. The van der Waals surface area contributed by atoms with Gasteiger partial charge in [-0.25, -0.2) is 0 Å². The summed E-state index contributed by atoms with van der Waals surface area (Å²) >= 11 is 0. The van der Waals surface area contributed by atoms with E-state index >= 15 is 0 Å². The minimum atomic E-state index is 0.494. The first-order valence-electron chi connectivity index (χ1n) is 6.42. The van der Waals surface area contributed by atoms with E-state index in [0.29, 0.717) is 17.9 Å². The molecule has 1 N–H and O–H groups in total. The molecule has 17 heavy (non-hydrogen) atoms. The van der Waals surface area contributed by atoms with Crippen molar-refractivity contribution in [2.75, 3.05) is 13.7 Å². The van der Waals surface area contributed by atoms with Crippen LogP contribution in [-0.4, -0.2) is 19.7 Å². The van der Waals surface area contributed by atoms with Crippen LogP contribution in [0.2, 0.25) is 0 Å². The lowest BCUT2D eigenvalue weighted by Crippen LogP contribution is -2.30. The van der Waals surface area contributed by atoms with Gasteiger partial charge >= 0.3 is 0 Å². The Bertz CT molecular complexity index is 333. The molecule has 0 bridgehead atoms. The predicted octanol–water partition coefficient (Wildman–Crippen LogP) is 3.43. The minimum absolute atomic E-state index is 0.494. The van der Waals surface area contributed by atoms with E-state index in [0.717, 1.165) is 12.3 Å². The van der Waals surface area contributed by atoms with E-state index in [1.807, 2.05) is 12.1 Å². The monoisotopic (exact) mass is 235 g/mol. The number of para-hydroxylation sites is 1. The summed E-state index contributed by atoms with van der Waals surface area (Å²) in [5.41, 5.74) is 1.30. The Kier molecular flexibility index (Phi) is 5.49. The van der Waals surface area contributed by atoms with Crippen molar-refractivity contribution in [2.24, 2.45) is 5.92 Å². The Morgan fingerprint density at radius 2 is 1.76 bits per heavy atom. The van der Waals surface area contributed by atoms with Gasteiger partial charge in [0.1, 0.15) is 5.75 Å². The summed E-state index contributed by atoms with van der Waals surface area (Å²) in [5.74, 6) is 2.09. The predicted molar refractivity (Wildman–Crippen MR) is 73.7 cm³/mol. The molecule has 1 rings (SSSR count). The summed E-state index contributed by atoms with van der Waals surface area (Å²) in [6.07, 6.45) is 0. The van der Waals surface area contributed by atoms with Gasteiger partial charge in [0, 0.05) is 18.5 Å². The SMILES string of the molecule is COc1ccccc1C(CNC(C)C)C(C)C. The zero-order valence-corrected chi connectivity index (χ0v) is 11.7. The van der Waals surface area contributed by atoms with E-state index in [4.69, 9.17) is 4.74 Å². The topological polar surface area (TPSA) is 21.3 Å². The quantitative estimate of drug-likeness (QED) is 0.815. The van der Waals surface area contributed by atoms with Crippen molar-refractivity contribution in [1.29, 1.82) is 0 Å². The van der Waals surface area contributed by atoms with E-state index in [1.54, 1.807) is 7.11 Å². The summed E-state index contributed by atoms with van der Waals surface area (Å²) in [4.78, 5) is 0. The number of ether oxygens (including phenoxy) is 1. The van der Waals surface area contributed by atoms with Gasteiger partial charge in [0.05, 0.1) is 7.11 Å². The first-order valence-corrected chi connectivity index (χ1v) is 6.42. The standard InChI is InChI=1S/C15H25NO/c1-11(2)14(10-16-12(3)4)13-8-6-7-9-15(13)17-5/h6-9,11-12,14,16H,10H2,1-5H3. The summed E-state index contributed by atoms with van der Waals surface area (Å²) in [7, 11) is 1.74. The number of benzene rings is 1. The molecule has 0 aliphatic carbocycles. The van der Waals surface area contributed by atoms with Gasteiger partial charge < -0.3 is 10.1 Å². The maximum Gasteiger partial charge on any atom is 0.122 e. The first-order chi connectivity index (χ1) is 8.06. The summed E-state index contributed by atoms with van der Waals surface area (Å²) in [6, 6.07) is 8.84. The summed E-state index contributed by atoms with van der Waals surface area (Å²) in [5, 5.41) is 3.52. The molecule has 1 unspecified atom stereocenters. The van der Waals surface area contributed by atoms with Gasteiger partial charge in [0.2, 0.25) is 0 Å². The number of nitrogens with one attached hydrogen (secondary N) is 1. The smallest absolute Gasteiger partial charge is 0.122 e. The molecule has 0 saturated heterocycles. The second-order valence-electron chi connectivity index (χ2n) is 5.16. The Balaban J connectivity index is 2.89. The van der Waals surface area contributed by atoms with Crippen LogP contribution in [0.3, 0.4) is 0 Å². The van der Waals surface area contributed by atoms with Gasteiger partial charge in [-0.3, -0.25) is 0 Å². The largest absolute Gasteiger partial charge is 0.496 e. The fourth-order valence-corrected chi connectivity index (χ4v) is 2.04. The number of rotatable bonds is 6. The van der Waals surface area contributed by atoms with Gasteiger partial charge in [-0.1, -0.05) is 45.9 Å². The number of methoxy groups -OCH3 is 1. The zero-order chi connectivity index (χ0) is 12.8. The third kappa shape index (κ3) is 4.04. The van der Waals surface area contributed by atoms with Crippen molar-refractivity contribution < 1.29 is 4.74 Å². The van der Waals surface area contributed by atoms with Gasteiger partial charge in [0.15, 0.2) is 0 Å². The first kappa shape index (κ1) is 14.0. The lowest BCUT2D eigenvalue weighted by Gasteiger charge is -2.24. The van der Waals surface area contributed by atoms with Crippen LogP contribution in [0, 0.1) is 5.92 Å². The van der Waals surface area contributed by atoms with Crippen molar-refractivity contribution in [3.05, 3.63) is 29.8 Å². The average Bonchev–Trinajstić information content (AvgIpc) is 2.29. The average molecular weight is 235 g/mol. The van der Waals surface area contributed by atoms with Crippen LogP contribution >= 0.6 is 0 Å². The van der Waals surface area contributed by atoms with Crippen LogP contribution in [0.1, 0.15) is 39.2 Å². The van der Waals surface area contributed by atoms with E-state index in [1.165, 1.54) is 5.56 Å². The van der Waals surface area contributed by atoms with Crippen LogP contribution in [0.5, 0.6) is 5.75 Å². The molecule has 0 radical (unpaired) electrons. The Hall–Kier alpha value is -1.02. The Morgan fingerprint density at radius 3 is 2.29 bits per heavy atom. The van der Waals surface area contributed by atoms with Crippen LogP contribution in [0.4, 0.5) is 0 Å². The number of hydrogen-bond donors (Lipinski definition) is 1. The second-order valence-corrected chi connectivity index (χ2v) is 5.16. The highest BCUT2D eigenvalue weighted by Gasteiger charge is 2.19. The van der Waals surface area contributed by atoms with E-state index in [2.05, 4.69) is 45.1 Å². The highest BCUT2D eigenvalue weighted by Crippen LogP contribution is 2.31. The van der Waals surface area contributed by atoms with Crippen LogP contribution in [0.15, 0.2) is 24.3 Å². The lowest BCUT2D eigenvalue weighted by molar-refractivity contribution is 0.385. The molecule has 96 valence electrons. The van der Waals surface area contributed by atoms with Gasteiger partial charge in [-0.2, -0.15) is 0 Å². The Morgan fingerprint density at radius 1 is 1.12 bits per heavy atom. The van der Waals surface area contributed by atoms with Crippen molar-refractivity contribution in [3.8, 4) is 5.75 Å². The van der Waals surface area contributed by atoms with Crippen LogP contribution in [-0.2, 0) is 0 Å². The van der Waals surface area contributed by atoms with Gasteiger partial charge in [0.25, 0.3) is 0 Å². The zero-order valence-electron chi connectivity index (χ0n) is 11.7. The van der Waals surface area contributed by atoms with Crippen molar-refractivity contribution in [2.45, 2.75) is 39.7 Å². The third-order valence-corrected chi connectivity index (χ3v) is 3.09. The molecular weight excluding hydrogens is 210 g/mol. The van der Waals surface area contributed by atoms with E-state index in [9.17, 15) is 0 Å². The molecule has 1 aromatic carbocycles. The number of hydrogen-bond acceptors (Lipinski definition) is 2. The summed E-state index contributed by atoms with van der Waals surface area (Å²) < 4.78 is 5.46. The summed E-state index contributed by atoms with van der Waals surface area (Å²) in [6.45, 7) is 9.88. The van der Waals surface area contributed by atoms with Gasteiger partial charge in [-0.05, 0) is 17.5 Å². The molecule has 0 amide bonds. The second kappa shape index (κ2) is 6.65. The fraction of sp³-hybridized carbons (Fsp3) is 0.600. The molecule has 0 heterocycles. The molecule has 0 aliphatic heterocycles. The Labute approximate surface area is 105 Å². The fourth-order valence-electron chi connectivity index (χ4n) is 2.04. The molecule has 2 nitrogen and oxygen atoms in total.